The number of nitrogens with one attached hydrogen (secondary N) is 1. The first kappa shape index (κ1) is 15.1. The van der Waals surface area contributed by atoms with Gasteiger partial charge in [-0.25, -0.2) is 4.79 Å². The Morgan fingerprint density at radius 3 is 2.55 bits per heavy atom. The van der Waals surface area contributed by atoms with Gasteiger partial charge in [-0.2, -0.15) is 0 Å². The first-order chi connectivity index (χ1) is 9.47. The number of aryl methyl sites for hydroxylation is 1. The van der Waals surface area contributed by atoms with E-state index in [0.29, 0.717) is 6.54 Å². The summed E-state index contributed by atoms with van der Waals surface area (Å²) in [5.41, 5.74) is 3.50. The molecule has 0 heterocycles. The van der Waals surface area contributed by atoms with Gasteiger partial charge in [0.05, 0.1) is 5.56 Å². The third kappa shape index (κ3) is 3.61. The zero-order valence-electron chi connectivity index (χ0n) is 10.8. The van der Waals surface area contributed by atoms with Crippen LogP contribution < -0.4 is 5.32 Å². The van der Waals surface area contributed by atoms with Crippen LogP contribution in [0.25, 0.3) is 0 Å². The van der Waals surface area contributed by atoms with Gasteiger partial charge in [-0.05, 0) is 48.4 Å². The van der Waals surface area contributed by atoms with Crippen molar-refractivity contribution in [3.05, 3.63) is 62.0 Å². The van der Waals surface area contributed by atoms with Gasteiger partial charge in [0.15, 0.2) is 0 Å². The zero-order valence-corrected chi connectivity index (χ0v) is 14.0. The Balaban J connectivity index is 2.13. The highest BCUT2D eigenvalue weighted by molar-refractivity contribution is 9.10. The molecule has 0 saturated heterocycles. The first-order valence-electron chi connectivity index (χ1n) is 5.99. The molecule has 0 aliphatic heterocycles. The summed E-state index contributed by atoms with van der Waals surface area (Å²) in [7, 11) is 0. The van der Waals surface area contributed by atoms with Crippen molar-refractivity contribution in [3.63, 3.8) is 0 Å². The van der Waals surface area contributed by atoms with E-state index in [1.165, 1.54) is 0 Å². The second kappa shape index (κ2) is 6.41. The summed E-state index contributed by atoms with van der Waals surface area (Å²) in [5, 5.41) is 12.3. The number of carboxylic acids is 1. The Morgan fingerprint density at radius 2 is 1.95 bits per heavy atom. The highest BCUT2D eigenvalue weighted by Crippen LogP contribution is 2.23. The summed E-state index contributed by atoms with van der Waals surface area (Å²) in [4.78, 5) is 10.9. The number of anilines is 1. The largest absolute Gasteiger partial charge is 0.478 e. The molecule has 20 heavy (non-hydrogen) atoms. The summed E-state index contributed by atoms with van der Waals surface area (Å²) in [6.07, 6.45) is 0. The molecule has 0 radical (unpaired) electrons. The van der Waals surface area contributed by atoms with E-state index in [-0.39, 0.29) is 5.56 Å². The molecule has 0 unspecified atom stereocenters. The molecule has 2 N–H and O–H groups in total. The first-order valence-corrected chi connectivity index (χ1v) is 7.57. The number of halogens is 2. The van der Waals surface area contributed by atoms with Crippen molar-refractivity contribution in [3.8, 4) is 0 Å². The SMILES string of the molecule is Cc1cc(Br)ccc1NCc1ccc(C(=O)O)cc1Br. The van der Waals surface area contributed by atoms with E-state index < -0.39 is 5.97 Å². The number of carboxylic acid groups (broad SMARTS) is 1. The van der Waals surface area contributed by atoms with E-state index in [0.717, 1.165) is 25.8 Å². The predicted octanol–water partition coefficient (Wildman–Crippen LogP) is 4.83. The summed E-state index contributed by atoms with van der Waals surface area (Å²) >= 11 is 6.84. The Morgan fingerprint density at radius 1 is 1.20 bits per heavy atom. The van der Waals surface area contributed by atoms with Gasteiger partial charge in [0.2, 0.25) is 0 Å². The summed E-state index contributed by atoms with van der Waals surface area (Å²) in [6, 6.07) is 11.1. The van der Waals surface area contributed by atoms with Crippen LogP contribution in [0, 0.1) is 6.92 Å². The van der Waals surface area contributed by atoms with Gasteiger partial charge in [-0.3, -0.25) is 0 Å². The molecule has 0 aliphatic rings. The molecule has 0 spiro atoms. The van der Waals surface area contributed by atoms with Crippen LogP contribution in [-0.4, -0.2) is 11.1 Å². The van der Waals surface area contributed by atoms with Crippen LogP contribution in [0.4, 0.5) is 5.69 Å². The minimum absolute atomic E-state index is 0.278. The number of rotatable bonds is 4. The molecule has 104 valence electrons. The maximum atomic E-state index is 10.9. The molecule has 5 heteroatoms. The van der Waals surface area contributed by atoms with Crippen molar-refractivity contribution in [1.29, 1.82) is 0 Å². The minimum atomic E-state index is -0.922. The maximum Gasteiger partial charge on any atom is 0.335 e. The molecule has 2 aromatic rings. The number of aromatic carboxylic acids is 1. The second-order valence-electron chi connectivity index (χ2n) is 4.42. The van der Waals surface area contributed by atoms with Crippen molar-refractivity contribution >= 4 is 43.5 Å². The van der Waals surface area contributed by atoms with Crippen molar-refractivity contribution < 1.29 is 9.90 Å². The topological polar surface area (TPSA) is 49.3 Å². The van der Waals surface area contributed by atoms with Gasteiger partial charge >= 0.3 is 5.97 Å². The fourth-order valence-electron chi connectivity index (χ4n) is 1.84. The van der Waals surface area contributed by atoms with Crippen LogP contribution in [-0.2, 0) is 6.54 Å². The van der Waals surface area contributed by atoms with Crippen LogP contribution in [0.15, 0.2) is 45.3 Å². The Labute approximate surface area is 134 Å². The highest BCUT2D eigenvalue weighted by Gasteiger charge is 2.07. The van der Waals surface area contributed by atoms with Crippen molar-refractivity contribution in [2.24, 2.45) is 0 Å². The molecule has 0 saturated carbocycles. The lowest BCUT2D eigenvalue weighted by Crippen LogP contribution is -2.03. The molecule has 2 rings (SSSR count). The molecular weight excluding hydrogens is 386 g/mol. The van der Waals surface area contributed by atoms with Crippen molar-refractivity contribution in [2.45, 2.75) is 13.5 Å². The number of carbonyl (C=O) groups is 1. The number of hydrogen-bond donors (Lipinski definition) is 2. The number of benzene rings is 2. The minimum Gasteiger partial charge on any atom is -0.478 e. The monoisotopic (exact) mass is 397 g/mol. The van der Waals surface area contributed by atoms with Crippen LogP contribution in [0.2, 0.25) is 0 Å². The quantitative estimate of drug-likeness (QED) is 0.775. The molecule has 0 atom stereocenters. The maximum absolute atomic E-state index is 10.9. The fourth-order valence-corrected chi connectivity index (χ4v) is 2.83. The average molecular weight is 399 g/mol. The van der Waals surface area contributed by atoms with Crippen LogP contribution >= 0.6 is 31.9 Å². The zero-order chi connectivity index (χ0) is 14.7. The molecule has 0 fully saturated rings. The molecule has 2 aromatic carbocycles. The fraction of sp³-hybridized carbons (Fsp3) is 0.133. The summed E-state index contributed by atoms with van der Waals surface area (Å²) in [5.74, 6) is -0.922. The lowest BCUT2D eigenvalue weighted by molar-refractivity contribution is 0.0697. The molecule has 3 nitrogen and oxygen atoms in total. The highest BCUT2D eigenvalue weighted by atomic mass is 79.9. The summed E-state index contributed by atoms with van der Waals surface area (Å²) in [6.45, 7) is 2.67. The van der Waals surface area contributed by atoms with Crippen LogP contribution in [0.5, 0.6) is 0 Å². The predicted molar refractivity (Wildman–Crippen MR) is 87.3 cm³/mol. The molecule has 0 bridgehead atoms. The van der Waals surface area contributed by atoms with Gasteiger partial charge in [0, 0.05) is 21.2 Å². The van der Waals surface area contributed by atoms with E-state index in [1.54, 1.807) is 12.1 Å². The van der Waals surface area contributed by atoms with E-state index >= 15 is 0 Å². The molecule has 0 aromatic heterocycles. The average Bonchev–Trinajstić information content (AvgIpc) is 2.38. The van der Waals surface area contributed by atoms with Gasteiger partial charge in [0.25, 0.3) is 0 Å². The standard InChI is InChI=1S/C15H13Br2NO2/c1-9-6-12(16)4-5-14(9)18-8-11-3-2-10(15(19)20)7-13(11)17/h2-7,18H,8H2,1H3,(H,19,20). The van der Waals surface area contributed by atoms with Crippen LogP contribution in [0.3, 0.4) is 0 Å². The lowest BCUT2D eigenvalue weighted by Gasteiger charge is -2.11. The third-order valence-electron chi connectivity index (χ3n) is 2.96. The Bertz CT molecular complexity index is 656. The van der Waals surface area contributed by atoms with Gasteiger partial charge in [0.1, 0.15) is 0 Å². The van der Waals surface area contributed by atoms with E-state index in [1.807, 2.05) is 31.2 Å². The normalized spacial score (nSPS) is 10.3. The third-order valence-corrected chi connectivity index (χ3v) is 4.19. The van der Waals surface area contributed by atoms with E-state index in [9.17, 15) is 4.79 Å². The second-order valence-corrected chi connectivity index (χ2v) is 6.19. The van der Waals surface area contributed by atoms with Gasteiger partial charge in [-0.1, -0.05) is 37.9 Å². The van der Waals surface area contributed by atoms with Crippen LogP contribution in [0.1, 0.15) is 21.5 Å². The lowest BCUT2D eigenvalue weighted by atomic mass is 10.1. The van der Waals surface area contributed by atoms with E-state index in [2.05, 4.69) is 37.2 Å². The Hall–Kier alpha value is -1.33. The van der Waals surface area contributed by atoms with Gasteiger partial charge in [-0.15, -0.1) is 0 Å². The molecule has 0 aliphatic carbocycles. The summed E-state index contributed by atoms with van der Waals surface area (Å²) < 4.78 is 1.84. The smallest absolute Gasteiger partial charge is 0.335 e. The Kier molecular flexibility index (Phi) is 4.83. The molecular formula is C15H13Br2NO2. The van der Waals surface area contributed by atoms with E-state index in [4.69, 9.17) is 5.11 Å². The number of hydrogen-bond acceptors (Lipinski definition) is 2. The van der Waals surface area contributed by atoms with Gasteiger partial charge < -0.3 is 10.4 Å². The molecule has 0 amide bonds. The van der Waals surface area contributed by atoms with Crippen molar-refractivity contribution in [2.75, 3.05) is 5.32 Å². The van der Waals surface area contributed by atoms with Crippen molar-refractivity contribution in [1.82, 2.24) is 0 Å².